The molecule has 5 heteroatoms. The van der Waals surface area contributed by atoms with E-state index in [1.54, 1.807) is 56.5 Å². The van der Waals surface area contributed by atoms with Crippen molar-refractivity contribution in [3.05, 3.63) is 94.7 Å². The fraction of sp³-hybridized carbons (Fsp3) is 0.0833. The van der Waals surface area contributed by atoms with Crippen molar-refractivity contribution < 1.29 is 23.8 Å². The van der Waals surface area contributed by atoms with E-state index in [9.17, 15) is 9.59 Å². The summed E-state index contributed by atoms with van der Waals surface area (Å²) < 4.78 is 16.6. The summed E-state index contributed by atoms with van der Waals surface area (Å²) in [6, 6.07) is 19.3. The van der Waals surface area contributed by atoms with E-state index in [-0.39, 0.29) is 11.5 Å². The lowest BCUT2D eigenvalue weighted by molar-refractivity contribution is 0.0733. The number of hydrogen-bond acceptors (Lipinski definition) is 5. The Morgan fingerprint density at radius 3 is 2.55 bits per heavy atom. The highest BCUT2D eigenvalue weighted by atomic mass is 16.5. The second-order valence-corrected chi connectivity index (χ2v) is 6.54. The van der Waals surface area contributed by atoms with Crippen LogP contribution in [0.25, 0.3) is 6.08 Å². The van der Waals surface area contributed by atoms with Gasteiger partial charge in [0, 0.05) is 5.56 Å². The van der Waals surface area contributed by atoms with Gasteiger partial charge in [0.05, 0.1) is 18.2 Å². The standard InChI is InChI=1S/C24H18O5/c1-15-20(29-24(26)17-8-4-3-5-9-17)12-11-19-22(25)21(28-23(15)19)14-16-7-6-10-18(13-16)27-2/h3-14H,1-2H3/b21-14-. The van der Waals surface area contributed by atoms with E-state index in [4.69, 9.17) is 14.2 Å². The molecule has 1 heterocycles. The average Bonchev–Trinajstić information content (AvgIpc) is 3.07. The number of methoxy groups -OCH3 is 1. The van der Waals surface area contributed by atoms with E-state index >= 15 is 0 Å². The molecule has 0 atom stereocenters. The van der Waals surface area contributed by atoms with E-state index < -0.39 is 5.97 Å². The second-order valence-electron chi connectivity index (χ2n) is 6.54. The summed E-state index contributed by atoms with van der Waals surface area (Å²) in [4.78, 5) is 25.1. The molecule has 1 aliphatic rings. The maximum absolute atomic E-state index is 12.7. The first-order valence-corrected chi connectivity index (χ1v) is 9.06. The van der Waals surface area contributed by atoms with Gasteiger partial charge in [0.2, 0.25) is 5.78 Å². The molecule has 0 N–H and O–H groups in total. The summed E-state index contributed by atoms with van der Waals surface area (Å²) in [6.07, 6.45) is 1.67. The summed E-state index contributed by atoms with van der Waals surface area (Å²) in [5.41, 5.74) is 2.27. The van der Waals surface area contributed by atoms with Crippen molar-refractivity contribution >= 4 is 17.8 Å². The number of carbonyl (C=O) groups is 2. The molecule has 0 aliphatic carbocycles. The Bertz CT molecular complexity index is 1130. The van der Waals surface area contributed by atoms with E-state index in [2.05, 4.69) is 0 Å². The third-order valence-corrected chi connectivity index (χ3v) is 4.64. The van der Waals surface area contributed by atoms with Crippen LogP contribution in [0.5, 0.6) is 17.2 Å². The molecule has 0 amide bonds. The van der Waals surface area contributed by atoms with Crippen molar-refractivity contribution in [2.45, 2.75) is 6.92 Å². The van der Waals surface area contributed by atoms with Gasteiger partial charge in [-0.2, -0.15) is 0 Å². The Hall–Kier alpha value is -3.86. The van der Waals surface area contributed by atoms with Crippen molar-refractivity contribution in [2.75, 3.05) is 7.11 Å². The monoisotopic (exact) mass is 386 g/mol. The lowest BCUT2D eigenvalue weighted by atomic mass is 10.1. The van der Waals surface area contributed by atoms with Crippen LogP contribution in [-0.4, -0.2) is 18.9 Å². The molecule has 0 unspecified atom stereocenters. The third-order valence-electron chi connectivity index (χ3n) is 4.64. The fourth-order valence-electron chi connectivity index (χ4n) is 3.09. The summed E-state index contributed by atoms with van der Waals surface area (Å²) in [5, 5.41) is 0. The van der Waals surface area contributed by atoms with Crippen LogP contribution in [0.1, 0.15) is 31.8 Å². The first kappa shape index (κ1) is 18.5. The van der Waals surface area contributed by atoms with E-state index in [1.165, 1.54) is 0 Å². The number of allylic oxidation sites excluding steroid dienone is 1. The third kappa shape index (κ3) is 3.62. The molecule has 0 bridgehead atoms. The van der Waals surface area contributed by atoms with Gasteiger partial charge in [-0.05, 0) is 55.0 Å². The number of ketones is 1. The van der Waals surface area contributed by atoms with Gasteiger partial charge in [-0.3, -0.25) is 4.79 Å². The molecule has 3 aromatic carbocycles. The van der Waals surface area contributed by atoms with Crippen molar-refractivity contribution in [1.82, 2.24) is 0 Å². The molecule has 0 aromatic heterocycles. The van der Waals surface area contributed by atoms with E-state index in [0.717, 1.165) is 5.56 Å². The lowest BCUT2D eigenvalue weighted by Crippen LogP contribution is -2.09. The number of rotatable bonds is 4. The highest BCUT2D eigenvalue weighted by molar-refractivity contribution is 6.15. The van der Waals surface area contributed by atoms with Crippen LogP contribution in [0.15, 0.2) is 72.5 Å². The summed E-state index contributed by atoms with van der Waals surface area (Å²) in [6.45, 7) is 1.76. The molecular weight excluding hydrogens is 368 g/mol. The molecular formula is C24H18O5. The van der Waals surface area contributed by atoms with E-state index in [0.29, 0.717) is 33.9 Å². The van der Waals surface area contributed by atoms with Crippen LogP contribution in [0, 0.1) is 6.92 Å². The van der Waals surface area contributed by atoms with Crippen LogP contribution in [0.4, 0.5) is 0 Å². The van der Waals surface area contributed by atoms with Crippen molar-refractivity contribution in [2.24, 2.45) is 0 Å². The van der Waals surface area contributed by atoms with Crippen molar-refractivity contribution in [3.8, 4) is 17.2 Å². The maximum Gasteiger partial charge on any atom is 0.343 e. The predicted octanol–water partition coefficient (Wildman–Crippen LogP) is 4.84. The van der Waals surface area contributed by atoms with Gasteiger partial charge in [-0.25, -0.2) is 4.79 Å². The van der Waals surface area contributed by atoms with Crippen LogP contribution in [-0.2, 0) is 0 Å². The first-order valence-electron chi connectivity index (χ1n) is 9.06. The second kappa shape index (κ2) is 7.64. The number of hydrogen-bond donors (Lipinski definition) is 0. The molecule has 5 nitrogen and oxygen atoms in total. The predicted molar refractivity (Wildman–Crippen MR) is 109 cm³/mol. The zero-order valence-electron chi connectivity index (χ0n) is 16.0. The highest BCUT2D eigenvalue weighted by Crippen LogP contribution is 2.39. The van der Waals surface area contributed by atoms with Crippen molar-refractivity contribution in [1.29, 1.82) is 0 Å². The summed E-state index contributed by atoms with van der Waals surface area (Å²) in [5.74, 6) is 0.976. The Kier molecular flexibility index (Phi) is 4.87. The Balaban J connectivity index is 1.61. The number of Topliss-reactive ketones (excluding diaryl/α,β-unsaturated/α-hetero) is 1. The molecule has 144 valence electrons. The smallest absolute Gasteiger partial charge is 0.343 e. The lowest BCUT2D eigenvalue weighted by Gasteiger charge is -2.10. The molecule has 29 heavy (non-hydrogen) atoms. The Morgan fingerprint density at radius 1 is 1.00 bits per heavy atom. The largest absolute Gasteiger partial charge is 0.497 e. The molecule has 0 radical (unpaired) electrons. The quantitative estimate of drug-likeness (QED) is 0.365. The number of carbonyl (C=O) groups excluding carboxylic acids is 2. The van der Waals surface area contributed by atoms with Gasteiger partial charge in [0.1, 0.15) is 17.2 Å². The molecule has 0 saturated heterocycles. The van der Waals surface area contributed by atoms with Gasteiger partial charge >= 0.3 is 5.97 Å². The summed E-state index contributed by atoms with van der Waals surface area (Å²) in [7, 11) is 1.58. The van der Waals surface area contributed by atoms with Gasteiger partial charge in [0.15, 0.2) is 5.76 Å². The molecule has 4 rings (SSSR count). The van der Waals surface area contributed by atoms with E-state index in [1.807, 2.05) is 30.3 Å². The Morgan fingerprint density at radius 2 is 1.79 bits per heavy atom. The topological polar surface area (TPSA) is 61.8 Å². The minimum Gasteiger partial charge on any atom is -0.497 e. The van der Waals surface area contributed by atoms with Crippen molar-refractivity contribution in [3.63, 3.8) is 0 Å². The zero-order valence-corrected chi connectivity index (χ0v) is 16.0. The molecule has 0 spiro atoms. The van der Waals surface area contributed by atoms with Gasteiger partial charge in [-0.15, -0.1) is 0 Å². The maximum atomic E-state index is 12.7. The first-order chi connectivity index (χ1) is 14.1. The summed E-state index contributed by atoms with van der Waals surface area (Å²) >= 11 is 0. The Labute approximate surface area is 168 Å². The normalized spacial score (nSPS) is 13.7. The molecule has 0 fully saturated rings. The average molecular weight is 386 g/mol. The van der Waals surface area contributed by atoms with Crippen LogP contribution in [0.3, 0.4) is 0 Å². The van der Waals surface area contributed by atoms with Gasteiger partial charge < -0.3 is 14.2 Å². The van der Waals surface area contributed by atoms with Gasteiger partial charge in [-0.1, -0.05) is 30.3 Å². The minimum absolute atomic E-state index is 0.211. The number of esters is 1. The number of benzene rings is 3. The fourth-order valence-corrected chi connectivity index (χ4v) is 3.09. The number of fused-ring (bicyclic) bond motifs is 1. The van der Waals surface area contributed by atoms with Crippen LogP contribution in [0.2, 0.25) is 0 Å². The van der Waals surface area contributed by atoms with Crippen LogP contribution < -0.4 is 14.2 Å². The molecule has 1 aliphatic heterocycles. The highest BCUT2D eigenvalue weighted by Gasteiger charge is 2.30. The van der Waals surface area contributed by atoms with Crippen LogP contribution >= 0.6 is 0 Å². The SMILES string of the molecule is COc1cccc(/C=C2\Oc3c(ccc(OC(=O)c4ccccc4)c3C)C2=O)c1. The molecule has 0 saturated carbocycles. The zero-order chi connectivity index (χ0) is 20.4. The van der Waals surface area contributed by atoms with Gasteiger partial charge in [0.25, 0.3) is 0 Å². The number of ether oxygens (including phenoxy) is 3. The molecule has 3 aromatic rings. The minimum atomic E-state index is -0.467.